The maximum absolute atomic E-state index is 12.0. The van der Waals surface area contributed by atoms with Crippen molar-refractivity contribution in [2.75, 3.05) is 7.05 Å². The van der Waals surface area contributed by atoms with E-state index in [1.807, 2.05) is 37.3 Å². The predicted molar refractivity (Wildman–Crippen MR) is 70.3 cm³/mol. The summed E-state index contributed by atoms with van der Waals surface area (Å²) < 4.78 is 0. The van der Waals surface area contributed by atoms with Gasteiger partial charge in [-0.3, -0.25) is 4.79 Å². The van der Waals surface area contributed by atoms with Gasteiger partial charge in [0.1, 0.15) is 0 Å². The molecule has 0 heterocycles. The number of hydrogen-bond acceptors (Lipinski definition) is 2. The molecule has 0 radical (unpaired) electrons. The first-order valence-corrected chi connectivity index (χ1v) is 6.10. The quantitative estimate of drug-likeness (QED) is 0.847. The fraction of sp³-hybridized carbons (Fsp3) is 0.500. The molecule has 1 aromatic rings. The predicted octanol–water partition coefficient (Wildman–Crippen LogP) is 2.02. The first-order valence-electron chi connectivity index (χ1n) is 6.10. The van der Waals surface area contributed by atoms with Crippen LogP contribution in [-0.4, -0.2) is 23.9 Å². The molecule has 0 aliphatic rings. The minimum atomic E-state index is -0.395. The molecular formula is C14H22N2O. The lowest BCUT2D eigenvalue weighted by molar-refractivity contribution is -0.132. The third kappa shape index (κ3) is 3.86. The van der Waals surface area contributed by atoms with Crippen molar-refractivity contribution in [3.05, 3.63) is 35.9 Å². The van der Waals surface area contributed by atoms with E-state index in [4.69, 9.17) is 5.73 Å². The van der Waals surface area contributed by atoms with Gasteiger partial charge in [0.15, 0.2) is 0 Å². The topological polar surface area (TPSA) is 46.3 Å². The highest BCUT2D eigenvalue weighted by atomic mass is 16.2. The zero-order valence-corrected chi connectivity index (χ0v) is 10.9. The molecule has 0 aliphatic carbocycles. The van der Waals surface area contributed by atoms with Crippen LogP contribution in [0.2, 0.25) is 0 Å². The summed E-state index contributed by atoms with van der Waals surface area (Å²) in [6.45, 7) is 4.68. The molecule has 0 bridgehead atoms. The molecule has 2 N–H and O–H groups in total. The number of nitrogens with zero attached hydrogens (tertiary/aromatic N) is 1. The number of carbonyl (C=O) groups is 1. The highest BCUT2D eigenvalue weighted by molar-refractivity contribution is 5.81. The normalized spacial score (nSPS) is 14.1. The van der Waals surface area contributed by atoms with Crippen LogP contribution in [0.15, 0.2) is 30.3 Å². The summed E-state index contributed by atoms with van der Waals surface area (Å²) in [4.78, 5) is 13.7. The van der Waals surface area contributed by atoms with Gasteiger partial charge < -0.3 is 10.6 Å². The maximum atomic E-state index is 12.0. The Morgan fingerprint density at radius 2 is 1.94 bits per heavy atom. The maximum Gasteiger partial charge on any atom is 0.239 e. The molecule has 0 saturated carbocycles. The van der Waals surface area contributed by atoms with E-state index in [1.54, 1.807) is 11.9 Å². The lowest BCUT2D eigenvalue weighted by Crippen LogP contribution is -2.45. The van der Waals surface area contributed by atoms with Crippen molar-refractivity contribution in [3.63, 3.8) is 0 Å². The fourth-order valence-corrected chi connectivity index (χ4v) is 1.69. The van der Waals surface area contributed by atoms with Gasteiger partial charge in [-0.1, -0.05) is 50.6 Å². The SMILES string of the molecule is CCC(C)[C@H](N)C(=O)N(C)Cc1ccccc1. The van der Waals surface area contributed by atoms with Crippen LogP contribution < -0.4 is 5.73 Å². The molecule has 0 aliphatic heterocycles. The third-order valence-corrected chi connectivity index (χ3v) is 3.18. The minimum Gasteiger partial charge on any atom is -0.340 e. The van der Waals surface area contributed by atoms with Gasteiger partial charge in [-0.05, 0) is 11.5 Å². The van der Waals surface area contributed by atoms with Crippen molar-refractivity contribution in [3.8, 4) is 0 Å². The van der Waals surface area contributed by atoms with E-state index in [2.05, 4.69) is 6.92 Å². The Kier molecular flexibility index (Phi) is 5.16. The van der Waals surface area contributed by atoms with Gasteiger partial charge in [-0.25, -0.2) is 0 Å². The molecule has 0 fully saturated rings. The number of nitrogens with two attached hydrogens (primary N) is 1. The van der Waals surface area contributed by atoms with Crippen LogP contribution in [0.4, 0.5) is 0 Å². The Balaban J connectivity index is 2.58. The molecule has 94 valence electrons. The van der Waals surface area contributed by atoms with Crippen molar-refractivity contribution >= 4 is 5.91 Å². The Morgan fingerprint density at radius 3 is 2.47 bits per heavy atom. The van der Waals surface area contributed by atoms with Gasteiger partial charge in [-0.15, -0.1) is 0 Å². The highest BCUT2D eigenvalue weighted by Crippen LogP contribution is 2.10. The second kappa shape index (κ2) is 6.40. The zero-order chi connectivity index (χ0) is 12.8. The second-order valence-electron chi connectivity index (χ2n) is 4.59. The van der Waals surface area contributed by atoms with E-state index in [0.717, 1.165) is 12.0 Å². The van der Waals surface area contributed by atoms with Crippen LogP contribution in [0.25, 0.3) is 0 Å². The van der Waals surface area contributed by atoms with Crippen molar-refractivity contribution in [2.45, 2.75) is 32.9 Å². The molecule has 17 heavy (non-hydrogen) atoms. The molecule has 1 amide bonds. The molecule has 0 aromatic heterocycles. The zero-order valence-electron chi connectivity index (χ0n) is 10.9. The molecule has 2 atom stereocenters. The summed E-state index contributed by atoms with van der Waals surface area (Å²) in [5.41, 5.74) is 7.06. The number of likely N-dealkylation sites (N-methyl/N-ethyl adjacent to an activating group) is 1. The third-order valence-electron chi connectivity index (χ3n) is 3.18. The standard InChI is InChI=1S/C14H22N2O/c1-4-11(2)13(15)14(17)16(3)10-12-8-6-5-7-9-12/h5-9,11,13H,4,10,15H2,1-3H3/t11?,13-/m0/s1. The van der Waals surface area contributed by atoms with Crippen molar-refractivity contribution in [1.82, 2.24) is 4.90 Å². The molecular weight excluding hydrogens is 212 g/mol. The Hall–Kier alpha value is -1.35. The van der Waals surface area contributed by atoms with E-state index < -0.39 is 6.04 Å². The molecule has 3 heteroatoms. The number of amides is 1. The van der Waals surface area contributed by atoms with E-state index in [1.165, 1.54) is 0 Å². The average Bonchev–Trinajstić information content (AvgIpc) is 2.37. The molecule has 1 aromatic carbocycles. The van der Waals surface area contributed by atoms with Crippen molar-refractivity contribution in [2.24, 2.45) is 11.7 Å². The summed E-state index contributed by atoms with van der Waals surface area (Å²) in [5, 5.41) is 0. The first-order chi connectivity index (χ1) is 8.06. The monoisotopic (exact) mass is 234 g/mol. The molecule has 1 unspecified atom stereocenters. The highest BCUT2D eigenvalue weighted by Gasteiger charge is 2.22. The summed E-state index contributed by atoms with van der Waals surface area (Å²) >= 11 is 0. The average molecular weight is 234 g/mol. The van der Waals surface area contributed by atoms with Crippen LogP contribution in [-0.2, 0) is 11.3 Å². The number of carbonyl (C=O) groups excluding carboxylic acids is 1. The smallest absolute Gasteiger partial charge is 0.239 e. The largest absolute Gasteiger partial charge is 0.340 e. The summed E-state index contributed by atoms with van der Waals surface area (Å²) in [5.74, 6) is 0.240. The van der Waals surface area contributed by atoms with E-state index >= 15 is 0 Å². The molecule has 3 nitrogen and oxygen atoms in total. The number of rotatable bonds is 5. The first kappa shape index (κ1) is 13.7. The van der Waals surface area contributed by atoms with Crippen LogP contribution in [0.3, 0.4) is 0 Å². The second-order valence-corrected chi connectivity index (χ2v) is 4.59. The minimum absolute atomic E-state index is 0.0169. The van der Waals surface area contributed by atoms with E-state index in [9.17, 15) is 4.79 Å². The van der Waals surface area contributed by atoms with Gasteiger partial charge in [0.05, 0.1) is 6.04 Å². The van der Waals surface area contributed by atoms with Crippen LogP contribution >= 0.6 is 0 Å². The summed E-state index contributed by atoms with van der Waals surface area (Å²) in [6.07, 6.45) is 0.923. The molecule has 0 spiro atoms. The summed E-state index contributed by atoms with van der Waals surface area (Å²) in [6, 6.07) is 9.55. The van der Waals surface area contributed by atoms with Gasteiger partial charge >= 0.3 is 0 Å². The Morgan fingerprint density at radius 1 is 1.35 bits per heavy atom. The van der Waals surface area contributed by atoms with Crippen molar-refractivity contribution in [1.29, 1.82) is 0 Å². The summed E-state index contributed by atoms with van der Waals surface area (Å²) in [7, 11) is 1.80. The van der Waals surface area contributed by atoms with Crippen molar-refractivity contribution < 1.29 is 4.79 Å². The molecule has 0 saturated heterocycles. The van der Waals surface area contributed by atoms with Gasteiger partial charge in [0.2, 0.25) is 5.91 Å². The van der Waals surface area contributed by atoms with Gasteiger partial charge in [0.25, 0.3) is 0 Å². The number of benzene rings is 1. The Bertz CT molecular complexity index is 350. The van der Waals surface area contributed by atoms with Crippen LogP contribution in [0.1, 0.15) is 25.8 Å². The van der Waals surface area contributed by atoms with Gasteiger partial charge in [0, 0.05) is 13.6 Å². The lowest BCUT2D eigenvalue weighted by Gasteiger charge is -2.24. The lowest BCUT2D eigenvalue weighted by atomic mass is 9.99. The van der Waals surface area contributed by atoms with E-state index in [0.29, 0.717) is 6.54 Å². The fourth-order valence-electron chi connectivity index (χ4n) is 1.69. The van der Waals surface area contributed by atoms with E-state index in [-0.39, 0.29) is 11.8 Å². The van der Waals surface area contributed by atoms with Crippen LogP contribution in [0.5, 0.6) is 0 Å². The Labute approximate surface area is 104 Å². The number of hydrogen-bond donors (Lipinski definition) is 1. The molecule has 1 rings (SSSR count). The van der Waals surface area contributed by atoms with Crippen LogP contribution in [0, 0.1) is 5.92 Å². The van der Waals surface area contributed by atoms with Gasteiger partial charge in [-0.2, -0.15) is 0 Å².